The first-order valence-corrected chi connectivity index (χ1v) is 14.5. The molecular weight excluding hydrogens is 460 g/mol. The Hall–Kier alpha value is -3.00. The molecule has 3 aromatic carbocycles. The first-order valence-electron chi connectivity index (χ1n) is 14.5. The summed E-state index contributed by atoms with van der Waals surface area (Å²) in [6.45, 7) is 23.0. The number of hydrogen-bond donors (Lipinski definition) is 0. The van der Waals surface area contributed by atoms with Crippen LogP contribution in [0.1, 0.15) is 107 Å². The fraction of sp³-hybridized carbons (Fsp3) is 0.444. The molecule has 38 heavy (non-hydrogen) atoms. The van der Waals surface area contributed by atoms with Gasteiger partial charge >= 0.3 is 0 Å². The molecule has 0 saturated heterocycles. The minimum absolute atomic E-state index is 0.448. The first kappa shape index (κ1) is 28.0. The number of hydrogen-bond acceptors (Lipinski definition) is 1. The SMILES string of the molecule is Cc1cc(-c2c(C(C)C)cc(C(C)C)cc2C(C)C)cc(-c2cnc3ccc(CC(C)C)cc3[n+]2C)c1C. The Morgan fingerprint density at radius 2 is 1.39 bits per heavy atom. The van der Waals surface area contributed by atoms with Crippen LogP contribution in [-0.2, 0) is 13.5 Å². The number of aromatic nitrogens is 2. The van der Waals surface area contributed by atoms with Gasteiger partial charge in [-0.25, -0.2) is 4.98 Å². The van der Waals surface area contributed by atoms with Crippen LogP contribution in [0.25, 0.3) is 33.4 Å². The lowest BCUT2D eigenvalue weighted by Gasteiger charge is -2.24. The van der Waals surface area contributed by atoms with Gasteiger partial charge in [-0.2, -0.15) is 4.57 Å². The van der Waals surface area contributed by atoms with Crippen molar-refractivity contribution in [1.82, 2.24) is 4.98 Å². The van der Waals surface area contributed by atoms with E-state index in [-0.39, 0.29) is 0 Å². The second-order valence-corrected chi connectivity index (χ2v) is 12.6. The summed E-state index contributed by atoms with van der Waals surface area (Å²) in [5, 5.41) is 0. The Labute approximate surface area is 231 Å². The van der Waals surface area contributed by atoms with Gasteiger partial charge in [0, 0.05) is 6.07 Å². The van der Waals surface area contributed by atoms with Crippen LogP contribution >= 0.6 is 0 Å². The molecule has 2 heteroatoms. The zero-order valence-electron chi connectivity index (χ0n) is 25.5. The largest absolute Gasteiger partial charge is 0.243 e. The van der Waals surface area contributed by atoms with Crippen LogP contribution < -0.4 is 4.57 Å². The van der Waals surface area contributed by atoms with Gasteiger partial charge < -0.3 is 0 Å². The van der Waals surface area contributed by atoms with Crippen LogP contribution in [0.2, 0.25) is 0 Å². The minimum Gasteiger partial charge on any atom is -0.243 e. The van der Waals surface area contributed by atoms with E-state index in [9.17, 15) is 0 Å². The van der Waals surface area contributed by atoms with E-state index in [0.29, 0.717) is 23.7 Å². The molecule has 0 N–H and O–H groups in total. The number of aryl methyl sites for hydroxylation is 2. The van der Waals surface area contributed by atoms with Crippen molar-refractivity contribution in [2.75, 3.05) is 0 Å². The van der Waals surface area contributed by atoms with E-state index in [1.54, 1.807) is 0 Å². The van der Waals surface area contributed by atoms with Crippen LogP contribution in [-0.4, -0.2) is 4.98 Å². The normalized spacial score (nSPS) is 12.1. The van der Waals surface area contributed by atoms with Gasteiger partial charge in [-0.3, -0.25) is 0 Å². The van der Waals surface area contributed by atoms with Gasteiger partial charge in [0.05, 0.1) is 5.56 Å². The highest BCUT2D eigenvalue weighted by Crippen LogP contribution is 2.41. The van der Waals surface area contributed by atoms with E-state index in [4.69, 9.17) is 4.98 Å². The summed E-state index contributed by atoms with van der Waals surface area (Å²) in [5.41, 5.74) is 15.8. The highest BCUT2D eigenvalue weighted by molar-refractivity contribution is 5.80. The van der Waals surface area contributed by atoms with Crippen LogP contribution in [0.3, 0.4) is 0 Å². The fourth-order valence-electron chi connectivity index (χ4n) is 5.70. The van der Waals surface area contributed by atoms with Crippen molar-refractivity contribution in [2.24, 2.45) is 13.0 Å². The number of nitrogens with zero attached hydrogens (tertiary/aromatic N) is 2. The maximum atomic E-state index is 4.91. The lowest BCUT2D eigenvalue weighted by atomic mass is 9.80. The van der Waals surface area contributed by atoms with Gasteiger partial charge in [0.25, 0.3) is 0 Å². The third-order valence-corrected chi connectivity index (χ3v) is 8.10. The van der Waals surface area contributed by atoms with Gasteiger partial charge in [-0.15, -0.1) is 0 Å². The maximum Gasteiger partial charge on any atom is 0.231 e. The summed E-state index contributed by atoms with van der Waals surface area (Å²) in [5.74, 6) is 2.04. The van der Waals surface area contributed by atoms with E-state index in [2.05, 4.69) is 130 Å². The molecule has 0 aliphatic rings. The molecule has 200 valence electrons. The molecular formula is C36H47N2+. The molecule has 1 aromatic heterocycles. The van der Waals surface area contributed by atoms with E-state index in [1.807, 2.05) is 0 Å². The van der Waals surface area contributed by atoms with Gasteiger partial charge in [0.1, 0.15) is 18.8 Å². The molecule has 0 atom stereocenters. The Morgan fingerprint density at radius 1 is 0.763 bits per heavy atom. The average molecular weight is 508 g/mol. The number of fused-ring (bicyclic) bond motifs is 1. The highest BCUT2D eigenvalue weighted by Gasteiger charge is 2.23. The minimum atomic E-state index is 0.448. The lowest BCUT2D eigenvalue weighted by Crippen LogP contribution is -2.33. The molecule has 0 radical (unpaired) electrons. The average Bonchev–Trinajstić information content (AvgIpc) is 2.85. The lowest BCUT2D eigenvalue weighted by molar-refractivity contribution is -0.634. The molecule has 0 unspecified atom stereocenters. The molecule has 1 heterocycles. The Morgan fingerprint density at radius 3 is 1.95 bits per heavy atom. The van der Waals surface area contributed by atoms with Gasteiger partial charge in [-0.05, 0) is 101 Å². The number of rotatable bonds is 7. The molecule has 0 spiro atoms. The topological polar surface area (TPSA) is 16.8 Å². The van der Waals surface area contributed by atoms with Crippen LogP contribution in [0.5, 0.6) is 0 Å². The van der Waals surface area contributed by atoms with Crippen LogP contribution in [0.15, 0.2) is 48.7 Å². The molecule has 4 rings (SSSR count). The number of benzene rings is 3. The van der Waals surface area contributed by atoms with Gasteiger partial charge in [0.15, 0.2) is 0 Å². The van der Waals surface area contributed by atoms with E-state index >= 15 is 0 Å². The Kier molecular flexibility index (Phi) is 8.12. The summed E-state index contributed by atoms with van der Waals surface area (Å²) >= 11 is 0. The standard InChI is InChI=1S/C36H47N2/c1-21(2)14-27-12-13-33-34(16-27)38(11)35(20-37-33)32-19-29(15-25(9)26(32)10)36-30(23(5)6)17-28(22(3)4)18-31(36)24(7)8/h12-13,15-24H,14H2,1-11H3/q+1. The third kappa shape index (κ3) is 5.41. The van der Waals surface area contributed by atoms with Crippen LogP contribution in [0, 0.1) is 19.8 Å². The molecule has 0 amide bonds. The predicted molar refractivity (Wildman–Crippen MR) is 164 cm³/mol. The smallest absolute Gasteiger partial charge is 0.231 e. The maximum absolute atomic E-state index is 4.91. The van der Waals surface area contributed by atoms with E-state index < -0.39 is 0 Å². The van der Waals surface area contributed by atoms with Crippen LogP contribution in [0.4, 0.5) is 0 Å². The van der Waals surface area contributed by atoms with Crippen molar-refractivity contribution in [3.63, 3.8) is 0 Å². The molecule has 2 nitrogen and oxygen atoms in total. The quantitative estimate of drug-likeness (QED) is 0.228. The molecule has 0 bridgehead atoms. The van der Waals surface area contributed by atoms with E-state index in [0.717, 1.165) is 17.6 Å². The summed E-state index contributed by atoms with van der Waals surface area (Å²) < 4.78 is 2.34. The van der Waals surface area contributed by atoms with Crippen molar-refractivity contribution >= 4 is 11.0 Å². The first-order chi connectivity index (χ1) is 17.9. The zero-order valence-corrected chi connectivity index (χ0v) is 25.5. The Bertz CT molecular complexity index is 1440. The molecule has 0 saturated carbocycles. The highest BCUT2D eigenvalue weighted by atomic mass is 15.0. The van der Waals surface area contributed by atoms with Crippen molar-refractivity contribution in [3.8, 4) is 22.4 Å². The molecule has 0 aliphatic carbocycles. The summed E-state index contributed by atoms with van der Waals surface area (Å²) in [4.78, 5) is 4.91. The second-order valence-electron chi connectivity index (χ2n) is 12.6. The van der Waals surface area contributed by atoms with Gasteiger partial charge in [0.2, 0.25) is 11.2 Å². The van der Waals surface area contributed by atoms with Crippen molar-refractivity contribution < 1.29 is 4.57 Å². The summed E-state index contributed by atoms with van der Waals surface area (Å²) in [7, 11) is 2.19. The second kappa shape index (κ2) is 11.0. The van der Waals surface area contributed by atoms with Crippen molar-refractivity contribution in [3.05, 3.63) is 82.0 Å². The van der Waals surface area contributed by atoms with Crippen molar-refractivity contribution in [2.45, 2.75) is 93.4 Å². The molecule has 0 aliphatic heterocycles. The molecule has 0 fully saturated rings. The summed E-state index contributed by atoms with van der Waals surface area (Å²) in [6, 6.07) is 16.5. The summed E-state index contributed by atoms with van der Waals surface area (Å²) in [6.07, 6.45) is 3.14. The van der Waals surface area contributed by atoms with E-state index in [1.165, 1.54) is 55.6 Å². The monoisotopic (exact) mass is 507 g/mol. The van der Waals surface area contributed by atoms with Crippen molar-refractivity contribution in [1.29, 1.82) is 0 Å². The zero-order chi connectivity index (χ0) is 27.9. The predicted octanol–water partition coefficient (Wildman–Crippen LogP) is 9.58. The Balaban J connectivity index is 1.99. The molecule has 4 aromatic rings. The van der Waals surface area contributed by atoms with Gasteiger partial charge in [-0.1, -0.05) is 79.7 Å². The third-order valence-electron chi connectivity index (χ3n) is 8.10. The fourth-order valence-corrected chi connectivity index (χ4v) is 5.70.